The number of hydrogen-bond donors (Lipinski definition) is 2. The highest BCUT2D eigenvalue weighted by Crippen LogP contribution is 2.15. The fraction of sp³-hybridized carbons (Fsp3) is 0.500. The first kappa shape index (κ1) is 8.26. The van der Waals surface area contributed by atoms with Gasteiger partial charge in [-0.3, -0.25) is 4.79 Å². The van der Waals surface area contributed by atoms with Gasteiger partial charge in [0.15, 0.2) is 0 Å². The molecule has 0 aromatic heterocycles. The molecule has 5 heteroatoms. The second-order valence-corrected chi connectivity index (χ2v) is 2.91. The molecule has 2 N–H and O–H groups in total. The number of hydrogen-bond acceptors (Lipinski definition) is 4. The summed E-state index contributed by atoms with van der Waals surface area (Å²) in [5.41, 5.74) is 4.95. The van der Waals surface area contributed by atoms with Crippen LogP contribution in [0.2, 0.25) is 0 Å². The second-order valence-electron chi connectivity index (χ2n) is 2.45. The van der Waals surface area contributed by atoms with Crippen molar-refractivity contribution in [1.29, 1.82) is 0 Å². The Bertz CT molecular complexity index is 194. The molecular formula is C6H11N3OS. The molecule has 0 aliphatic carbocycles. The average Bonchev–Trinajstić information content (AvgIpc) is 2.18. The van der Waals surface area contributed by atoms with Gasteiger partial charge in [-0.1, -0.05) is 0 Å². The number of rotatable bonds is 2. The molecule has 0 radical (unpaired) electrons. The lowest BCUT2D eigenvalue weighted by Crippen LogP contribution is -2.37. The standard InChI is InChI=1S/C6H11N3OS/c1-8-2-3-9(6(8)11)4-5(7)10/h2-3,6,11H,4H2,1H3,(H2,7,10). The molecule has 0 bridgehead atoms. The fourth-order valence-corrected chi connectivity index (χ4v) is 1.13. The molecule has 0 aromatic rings. The Morgan fingerprint density at radius 3 is 2.73 bits per heavy atom. The first-order valence-corrected chi connectivity index (χ1v) is 3.75. The third-order valence-corrected chi connectivity index (χ3v) is 2.15. The summed E-state index contributed by atoms with van der Waals surface area (Å²) in [7, 11) is 1.88. The predicted octanol–water partition coefficient (Wildman–Crippen LogP) is -0.596. The molecule has 0 fully saturated rings. The number of primary amides is 1. The molecule has 62 valence electrons. The van der Waals surface area contributed by atoms with Crippen LogP contribution in [-0.2, 0) is 4.79 Å². The van der Waals surface area contributed by atoms with E-state index < -0.39 is 0 Å². The minimum absolute atomic E-state index is 0.0671. The zero-order valence-corrected chi connectivity index (χ0v) is 7.16. The SMILES string of the molecule is CN1C=CN(CC(N)=O)C1S. The molecule has 0 saturated carbocycles. The van der Waals surface area contributed by atoms with Crippen molar-refractivity contribution >= 4 is 18.5 Å². The lowest BCUT2D eigenvalue weighted by Gasteiger charge is -2.24. The van der Waals surface area contributed by atoms with Gasteiger partial charge in [0, 0.05) is 19.4 Å². The molecular weight excluding hydrogens is 162 g/mol. The minimum atomic E-state index is -0.344. The largest absolute Gasteiger partial charge is 0.368 e. The van der Waals surface area contributed by atoms with Gasteiger partial charge in [-0.2, -0.15) is 0 Å². The van der Waals surface area contributed by atoms with Crippen LogP contribution in [-0.4, -0.2) is 34.8 Å². The maximum absolute atomic E-state index is 10.5. The van der Waals surface area contributed by atoms with Gasteiger partial charge in [0.1, 0.15) is 5.50 Å². The summed E-state index contributed by atoms with van der Waals surface area (Å²) >= 11 is 4.24. The van der Waals surface area contributed by atoms with E-state index >= 15 is 0 Å². The average molecular weight is 173 g/mol. The van der Waals surface area contributed by atoms with Crippen LogP contribution in [0.5, 0.6) is 0 Å². The zero-order chi connectivity index (χ0) is 8.43. The van der Waals surface area contributed by atoms with Gasteiger partial charge in [0.2, 0.25) is 5.91 Å². The molecule has 4 nitrogen and oxygen atoms in total. The Kier molecular flexibility index (Phi) is 2.28. The topological polar surface area (TPSA) is 49.6 Å². The summed E-state index contributed by atoms with van der Waals surface area (Å²) in [5.74, 6) is -0.344. The monoisotopic (exact) mass is 173 g/mol. The Morgan fingerprint density at radius 1 is 1.73 bits per heavy atom. The van der Waals surface area contributed by atoms with E-state index in [-0.39, 0.29) is 17.9 Å². The molecule has 1 unspecified atom stereocenters. The first-order valence-electron chi connectivity index (χ1n) is 3.23. The summed E-state index contributed by atoms with van der Waals surface area (Å²) in [5, 5.41) is 0. The fourth-order valence-electron chi connectivity index (χ4n) is 0.893. The number of carbonyl (C=O) groups excluding carboxylic acids is 1. The van der Waals surface area contributed by atoms with Crippen LogP contribution < -0.4 is 5.73 Å². The van der Waals surface area contributed by atoms with E-state index in [9.17, 15) is 4.79 Å². The maximum Gasteiger partial charge on any atom is 0.237 e. The zero-order valence-electron chi connectivity index (χ0n) is 6.27. The first-order chi connectivity index (χ1) is 5.11. The number of thiol groups is 1. The highest BCUT2D eigenvalue weighted by molar-refractivity contribution is 7.80. The quantitative estimate of drug-likeness (QED) is 0.548. The normalized spacial score (nSPS) is 22.9. The van der Waals surface area contributed by atoms with E-state index in [0.717, 1.165) is 0 Å². The third kappa shape index (κ3) is 1.80. The summed E-state index contributed by atoms with van der Waals surface area (Å²) in [6.07, 6.45) is 3.64. The lowest BCUT2D eigenvalue weighted by molar-refractivity contribution is -0.118. The molecule has 1 rings (SSSR count). The van der Waals surface area contributed by atoms with Crippen LogP contribution >= 0.6 is 12.6 Å². The molecule has 1 atom stereocenters. The predicted molar refractivity (Wildman–Crippen MR) is 45.6 cm³/mol. The summed E-state index contributed by atoms with van der Waals surface area (Å²) in [6, 6.07) is 0. The lowest BCUT2D eigenvalue weighted by atomic mass is 10.5. The van der Waals surface area contributed by atoms with E-state index in [2.05, 4.69) is 12.6 Å². The van der Waals surface area contributed by atoms with Gasteiger partial charge in [-0.15, -0.1) is 12.6 Å². The summed E-state index contributed by atoms with van der Waals surface area (Å²) in [6.45, 7) is 0.217. The van der Waals surface area contributed by atoms with Crippen molar-refractivity contribution in [3.05, 3.63) is 12.4 Å². The molecule has 1 aliphatic rings. The van der Waals surface area contributed by atoms with Crippen LogP contribution in [0.15, 0.2) is 12.4 Å². The van der Waals surface area contributed by atoms with Crippen molar-refractivity contribution in [2.75, 3.05) is 13.6 Å². The smallest absolute Gasteiger partial charge is 0.237 e. The van der Waals surface area contributed by atoms with Gasteiger partial charge < -0.3 is 15.5 Å². The third-order valence-electron chi connectivity index (χ3n) is 1.49. The van der Waals surface area contributed by atoms with Gasteiger partial charge >= 0.3 is 0 Å². The Morgan fingerprint density at radius 2 is 2.36 bits per heavy atom. The van der Waals surface area contributed by atoms with Crippen LogP contribution in [0, 0.1) is 0 Å². The van der Waals surface area contributed by atoms with Crippen molar-refractivity contribution < 1.29 is 4.79 Å². The number of nitrogens with two attached hydrogens (primary N) is 1. The van der Waals surface area contributed by atoms with E-state index in [0.29, 0.717) is 0 Å². The van der Waals surface area contributed by atoms with Crippen LogP contribution in [0.3, 0.4) is 0 Å². The van der Waals surface area contributed by atoms with E-state index in [1.54, 1.807) is 11.1 Å². The number of nitrogens with zero attached hydrogens (tertiary/aromatic N) is 2. The van der Waals surface area contributed by atoms with Crippen LogP contribution in [0.1, 0.15) is 0 Å². The molecule has 0 aromatic carbocycles. The Labute approximate surface area is 71.0 Å². The molecule has 1 amide bonds. The van der Waals surface area contributed by atoms with E-state index in [4.69, 9.17) is 5.73 Å². The summed E-state index contributed by atoms with van der Waals surface area (Å²) in [4.78, 5) is 14.1. The second kappa shape index (κ2) is 3.04. The Hall–Kier alpha value is -0.840. The Balaban J connectivity index is 2.49. The van der Waals surface area contributed by atoms with Crippen molar-refractivity contribution in [3.63, 3.8) is 0 Å². The molecule has 1 aliphatic heterocycles. The van der Waals surface area contributed by atoms with Crippen molar-refractivity contribution in [2.24, 2.45) is 5.73 Å². The van der Waals surface area contributed by atoms with Crippen molar-refractivity contribution in [3.8, 4) is 0 Å². The van der Waals surface area contributed by atoms with E-state index in [1.165, 1.54) is 0 Å². The van der Waals surface area contributed by atoms with Crippen molar-refractivity contribution in [1.82, 2.24) is 9.80 Å². The highest BCUT2D eigenvalue weighted by Gasteiger charge is 2.20. The van der Waals surface area contributed by atoms with Gasteiger partial charge in [0.25, 0.3) is 0 Å². The summed E-state index contributed by atoms with van der Waals surface area (Å²) < 4.78 is 0. The minimum Gasteiger partial charge on any atom is -0.368 e. The molecule has 0 spiro atoms. The molecule has 11 heavy (non-hydrogen) atoms. The number of amides is 1. The van der Waals surface area contributed by atoms with E-state index in [1.807, 2.05) is 18.1 Å². The molecule has 0 saturated heterocycles. The van der Waals surface area contributed by atoms with Gasteiger partial charge in [-0.05, 0) is 0 Å². The number of carbonyl (C=O) groups is 1. The molecule has 1 heterocycles. The van der Waals surface area contributed by atoms with Gasteiger partial charge in [0.05, 0.1) is 6.54 Å². The highest BCUT2D eigenvalue weighted by atomic mass is 32.1. The maximum atomic E-state index is 10.5. The van der Waals surface area contributed by atoms with Gasteiger partial charge in [-0.25, -0.2) is 0 Å². The van der Waals surface area contributed by atoms with Crippen LogP contribution in [0.25, 0.3) is 0 Å². The van der Waals surface area contributed by atoms with Crippen LogP contribution in [0.4, 0.5) is 0 Å². The van der Waals surface area contributed by atoms with Crippen molar-refractivity contribution in [2.45, 2.75) is 5.50 Å².